The molecule has 4 rings (SSSR count). The van der Waals surface area contributed by atoms with Crippen molar-refractivity contribution in [3.8, 4) is 11.1 Å². The molecule has 0 unspecified atom stereocenters. The first-order valence-electron chi connectivity index (χ1n) is 17.3. The van der Waals surface area contributed by atoms with Crippen LogP contribution < -0.4 is 10.6 Å². The molecule has 2 N–H and O–H groups in total. The minimum absolute atomic E-state index is 0.0952. The van der Waals surface area contributed by atoms with Gasteiger partial charge in [0.15, 0.2) is 0 Å². The van der Waals surface area contributed by atoms with Crippen molar-refractivity contribution in [2.75, 3.05) is 20.3 Å². The van der Waals surface area contributed by atoms with Gasteiger partial charge in [-0.25, -0.2) is 9.59 Å². The predicted octanol–water partition coefficient (Wildman–Crippen LogP) is 7.11. The van der Waals surface area contributed by atoms with Crippen molar-refractivity contribution in [2.45, 2.75) is 89.7 Å². The zero-order valence-corrected chi connectivity index (χ0v) is 29.2. The molecule has 0 radical (unpaired) electrons. The molecule has 9 heteroatoms. The van der Waals surface area contributed by atoms with Gasteiger partial charge in [-0.2, -0.15) is 0 Å². The number of benzene rings is 3. The summed E-state index contributed by atoms with van der Waals surface area (Å²) >= 11 is 0. The van der Waals surface area contributed by atoms with E-state index in [0.717, 1.165) is 35.1 Å². The van der Waals surface area contributed by atoms with Crippen molar-refractivity contribution in [3.05, 3.63) is 95.6 Å². The Hall–Kier alpha value is -4.66. The van der Waals surface area contributed by atoms with Gasteiger partial charge in [-0.15, -0.1) is 0 Å². The highest BCUT2D eigenvalue weighted by molar-refractivity contribution is 5.88. The Balaban J connectivity index is 1.36. The Morgan fingerprint density at radius 1 is 0.776 bits per heavy atom. The molecule has 0 aliphatic heterocycles. The highest BCUT2D eigenvalue weighted by Crippen LogP contribution is 2.44. The molecule has 3 aromatic rings. The van der Waals surface area contributed by atoms with Crippen LogP contribution in [0, 0.1) is 5.92 Å². The van der Waals surface area contributed by atoms with Crippen LogP contribution in [0.3, 0.4) is 0 Å². The van der Waals surface area contributed by atoms with E-state index >= 15 is 0 Å². The van der Waals surface area contributed by atoms with Crippen LogP contribution >= 0.6 is 0 Å². The Labute approximate surface area is 290 Å². The number of aryl methyl sites for hydroxylation is 1. The molecular formula is C40H50N2O7. The van der Waals surface area contributed by atoms with E-state index in [1.165, 1.54) is 12.7 Å². The van der Waals surface area contributed by atoms with Crippen LogP contribution in [-0.4, -0.2) is 55.8 Å². The first-order chi connectivity index (χ1) is 23.6. The summed E-state index contributed by atoms with van der Waals surface area (Å²) in [5, 5.41) is 5.60. The zero-order chi connectivity index (χ0) is 35.2. The monoisotopic (exact) mass is 670 g/mol. The molecule has 0 saturated heterocycles. The molecule has 2 amide bonds. The lowest BCUT2D eigenvalue weighted by Gasteiger charge is -2.22. The predicted molar refractivity (Wildman–Crippen MR) is 189 cm³/mol. The Morgan fingerprint density at radius 3 is 2.02 bits per heavy atom. The molecule has 0 spiro atoms. The number of unbranched alkanes of at least 4 members (excludes halogenated alkanes) is 2. The number of carbonyl (C=O) groups is 4. The third-order valence-electron chi connectivity index (χ3n) is 8.66. The van der Waals surface area contributed by atoms with E-state index in [-0.39, 0.29) is 18.9 Å². The van der Waals surface area contributed by atoms with Gasteiger partial charge in [0.05, 0.1) is 13.5 Å². The number of esters is 2. The summed E-state index contributed by atoms with van der Waals surface area (Å²) in [5.41, 5.74) is 5.09. The Kier molecular flexibility index (Phi) is 13.8. The standard InChI is InChI=1S/C40H50N2O7/c1-40(2,3)49-39(46)41-25-15-14-19-29(37(44)42-35(38(45)47-4)24-13-8-18-28-16-6-5-7-17-28)26-36(43)48-27-34-32-22-11-9-20-30(32)31-21-10-12-23-33(31)34/h5-7,9-12,16-17,20-23,29,34-35H,8,13-15,18-19,24-27H2,1-4H3,(H,41,46)(H,42,44)/t29-,35+/m1/s1. The average Bonchev–Trinajstić information content (AvgIpc) is 3.40. The summed E-state index contributed by atoms with van der Waals surface area (Å²) < 4.78 is 16.1. The van der Waals surface area contributed by atoms with Crippen molar-refractivity contribution < 1.29 is 33.4 Å². The lowest BCUT2D eigenvalue weighted by atomic mass is 9.96. The molecule has 262 valence electrons. The van der Waals surface area contributed by atoms with Gasteiger partial charge in [0.1, 0.15) is 18.2 Å². The maximum Gasteiger partial charge on any atom is 0.407 e. The Morgan fingerprint density at radius 2 is 1.39 bits per heavy atom. The Bertz CT molecular complexity index is 1500. The maximum atomic E-state index is 13.7. The second kappa shape index (κ2) is 18.2. The van der Waals surface area contributed by atoms with Gasteiger partial charge in [-0.05, 0) is 80.7 Å². The van der Waals surface area contributed by atoms with Gasteiger partial charge in [0.25, 0.3) is 0 Å². The number of hydrogen-bond donors (Lipinski definition) is 2. The van der Waals surface area contributed by atoms with Crippen molar-refractivity contribution in [1.82, 2.24) is 10.6 Å². The van der Waals surface area contributed by atoms with Crippen molar-refractivity contribution in [2.24, 2.45) is 5.92 Å². The second-order valence-electron chi connectivity index (χ2n) is 13.6. The highest BCUT2D eigenvalue weighted by atomic mass is 16.6. The third kappa shape index (κ3) is 11.5. The lowest BCUT2D eigenvalue weighted by Crippen LogP contribution is -2.44. The first kappa shape index (κ1) is 37.2. The van der Waals surface area contributed by atoms with E-state index in [9.17, 15) is 19.2 Å². The molecule has 3 aromatic carbocycles. The van der Waals surface area contributed by atoms with Crippen molar-refractivity contribution in [1.29, 1.82) is 0 Å². The normalized spacial score (nSPS) is 13.4. The molecule has 0 bridgehead atoms. The molecule has 0 aromatic heterocycles. The fourth-order valence-electron chi connectivity index (χ4n) is 6.23. The summed E-state index contributed by atoms with van der Waals surface area (Å²) in [4.78, 5) is 51.7. The zero-order valence-electron chi connectivity index (χ0n) is 29.2. The number of fused-ring (bicyclic) bond motifs is 3. The number of alkyl carbamates (subject to hydrolysis) is 1. The van der Waals surface area contributed by atoms with Crippen LogP contribution in [0.1, 0.15) is 88.3 Å². The van der Waals surface area contributed by atoms with Crippen molar-refractivity contribution in [3.63, 3.8) is 0 Å². The number of hydrogen-bond acceptors (Lipinski definition) is 7. The number of ether oxygens (including phenoxy) is 3. The maximum absolute atomic E-state index is 13.7. The van der Waals surface area contributed by atoms with E-state index in [0.29, 0.717) is 38.6 Å². The van der Waals surface area contributed by atoms with Crippen LogP contribution in [0.5, 0.6) is 0 Å². The van der Waals surface area contributed by atoms with Gasteiger partial charge in [0, 0.05) is 18.4 Å². The van der Waals surface area contributed by atoms with E-state index < -0.39 is 41.5 Å². The summed E-state index contributed by atoms with van der Waals surface area (Å²) in [6.45, 7) is 5.91. The largest absolute Gasteiger partial charge is 0.467 e. The van der Waals surface area contributed by atoms with E-state index in [1.807, 2.05) is 42.5 Å². The number of rotatable bonds is 17. The van der Waals surface area contributed by atoms with Crippen LogP contribution in [0.4, 0.5) is 4.79 Å². The second-order valence-corrected chi connectivity index (χ2v) is 13.6. The van der Waals surface area contributed by atoms with Gasteiger partial charge in [0.2, 0.25) is 5.91 Å². The fourth-order valence-corrected chi connectivity index (χ4v) is 6.23. The fraction of sp³-hybridized carbons (Fsp3) is 0.450. The van der Waals surface area contributed by atoms with Gasteiger partial charge in [-0.3, -0.25) is 9.59 Å². The number of methoxy groups -OCH3 is 1. The minimum Gasteiger partial charge on any atom is -0.467 e. The molecule has 0 fully saturated rings. The smallest absolute Gasteiger partial charge is 0.407 e. The number of carbonyl (C=O) groups excluding carboxylic acids is 4. The molecule has 0 heterocycles. The van der Waals surface area contributed by atoms with Crippen LogP contribution in [0.25, 0.3) is 11.1 Å². The SMILES string of the molecule is COC(=O)[C@H](CCCCc1ccccc1)NC(=O)[C@H](CCCCNC(=O)OC(C)(C)C)CC(=O)OCC1c2ccccc2-c2ccccc21. The lowest BCUT2D eigenvalue weighted by molar-refractivity contribution is -0.148. The minimum atomic E-state index is -0.827. The first-order valence-corrected chi connectivity index (χ1v) is 17.3. The molecule has 1 aliphatic carbocycles. The molecule has 1 aliphatic rings. The van der Waals surface area contributed by atoms with Crippen LogP contribution in [0.15, 0.2) is 78.9 Å². The van der Waals surface area contributed by atoms with E-state index in [4.69, 9.17) is 14.2 Å². The summed E-state index contributed by atoms with van der Waals surface area (Å²) in [6.07, 6.45) is 3.71. The van der Waals surface area contributed by atoms with E-state index in [1.54, 1.807) is 20.8 Å². The van der Waals surface area contributed by atoms with Crippen molar-refractivity contribution >= 4 is 23.9 Å². The third-order valence-corrected chi connectivity index (χ3v) is 8.66. The summed E-state index contributed by atoms with van der Waals surface area (Å²) in [7, 11) is 1.30. The number of amides is 2. The quantitative estimate of drug-likeness (QED) is 0.0892. The molecule has 49 heavy (non-hydrogen) atoms. The van der Waals surface area contributed by atoms with Gasteiger partial charge >= 0.3 is 18.0 Å². The molecule has 9 nitrogen and oxygen atoms in total. The van der Waals surface area contributed by atoms with Crippen LogP contribution in [-0.2, 0) is 35.0 Å². The van der Waals surface area contributed by atoms with Gasteiger partial charge in [-0.1, -0.05) is 91.7 Å². The number of nitrogens with one attached hydrogen (secondary N) is 2. The van der Waals surface area contributed by atoms with Crippen LogP contribution in [0.2, 0.25) is 0 Å². The molecule has 2 atom stereocenters. The molecule has 0 saturated carbocycles. The van der Waals surface area contributed by atoms with Gasteiger partial charge < -0.3 is 24.8 Å². The average molecular weight is 671 g/mol. The summed E-state index contributed by atoms with van der Waals surface area (Å²) in [6, 6.07) is 25.5. The summed E-state index contributed by atoms with van der Waals surface area (Å²) in [5.74, 6) is -2.22. The van der Waals surface area contributed by atoms with E-state index in [2.05, 4.69) is 47.0 Å². The topological polar surface area (TPSA) is 120 Å². The molecular weight excluding hydrogens is 620 g/mol. The highest BCUT2D eigenvalue weighted by Gasteiger charge is 2.31.